The molecule has 1 aromatic carbocycles. The lowest BCUT2D eigenvalue weighted by molar-refractivity contribution is -0.121. The van der Waals surface area contributed by atoms with Crippen LogP contribution < -0.4 is 10.1 Å². The molecule has 0 aliphatic heterocycles. The molecular formula is C21H20BrN3O2. The summed E-state index contributed by atoms with van der Waals surface area (Å²) in [6, 6.07) is 13.6. The van der Waals surface area contributed by atoms with Crippen LogP contribution in [0, 0.1) is 0 Å². The number of pyridine rings is 2. The lowest BCUT2D eigenvalue weighted by atomic mass is 10.1. The summed E-state index contributed by atoms with van der Waals surface area (Å²) in [5, 5.41) is 2.94. The number of nitrogens with one attached hydrogen (secondary N) is 1. The molecule has 5 nitrogen and oxygen atoms in total. The molecule has 0 spiro atoms. The zero-order chi connectivity index (χ0) is 19.1. The largest absolute Gasteiger partial charge is 0.496 e. The van der Waals surface area contributed by atoms with Crippen LogP contribution in [-0.4, -0.2) is 23.0 Å². The number of amides is 1. The Kier molecular flexibility index (Phi) is 6.54. The molecule has 1 amide bonds. The lowest BCUT2D eigenvalue weighted by Crippen LogP contribution is -2.23. The predicted molar refractivity (Wildman–Crippen MR) is 108 cm³/mol. The number of halogens is 1. The maximum absolute atomic E-state index is 12.1. The second-order valence-corrected chi connectivity index (χ2v) is 6.89. The fourth-order valence-corrected chi connectivity index (χ4v) is 3.21. The maximum Gasteiger partial charge on any atom is 0.220 e. The molecule has 3 aromatic rings. The van der Waals surface area contributed by atoms with Gasteiger partial charge >= 0.3 is 0 Å². The smallest absolute Gasteiger partial charge is 0.220 e. The van der Waals surface area contributed by atoms with E-state index in [1.54, 1.807) is 25.7 Å². The van der Waals surface area contributed by atoms with Crippen LogP contribution >= 0.6 is 15.9 Å². The summed E-state index contributed by atoms with van der Waals surface area (Å²) in [6.45, 7) is 0.464. The lowest BCUT2D eigenvalue weighted by Gasteiger charge is -2.08. The minimum absolute atomic E-state index is 0.0123. The predicted octanol–water partition coefficient (Wildman–Crippen LogP) is 4.16. The maximum atomic E-state index is 12.1. The second-order valence-electron chi connectivity index (χ2n) is 6.04. The van der Waals surface area contributed by atoms with Crippen molar-refractivity contribution < 1.29 is 9.53 Å². The number of rotatable bonds is 7. The summed E-state index contributed by atoms with van der Waals surface area (Å²) in [6.07, 6.45) is 6.40. The van der Waals surface area contributed by atoms with E-state index in [9.17, 15) is 4.79 Å². The van der Waals surface area contributed by atoms with Crippen molar-refractivity contribution in [3.05, 3.63) is 76.7 Å². The van der Waals surface area contributed by atoms with E-state index in [2.05, 4.69) is 31.2 Å². The van der Waals surface area contributed by atoms with Gasteiger partial charge in [-0.15, -0.1) is 0 Å². The molecule has 0 unspecified atom stereocenters. The molecule has 0 fully saturated rings. The van der Waals surface area contributed by atoms with Crippen LogP contribution in [0.1, 0.15) is 17.5 Å². The van der Waals surface area contributed by atoms with Gasteiger partial charge in [0.25, 0.3) is 0 Å². The number of hydrogen-bond donors (Lipinski definition) is 1. The van der Waals surface area contributed by atoms with Crippen LogP contribution in [0.4, 0.5) is 0 Å². The van der Waals surface area contributed by atoms with E-state index < -0.39 is 0 Å². The van der Waals surface area contributed by atoms with E-state index in [-0.39, 0.29) is 5.91 Å². The Labute approximate surface area is 167 Å². The Balaban J connectivity index is 1.48. The van der Waals surface area contributed by atoms with Crippen LogP contribution in [-0.2, 0) is 17.8 Å². The van der Waals surface area contributed by atoms with Gasteiger partial charge in [-0.2, -0.15) is 0 Å². The molecule has 0 saturated carbocycles. The molecule has 0 aliphatic rings. The van der Waals surface area contributed by atoms with Crippen LogP contribution in [0.25, 0.3) is 11.3 Å². The zero-order valence-electron chi connectivity index (χ0n) is 15.0. The van der Waals surface area contributed by atoms with Crippen molar-refractivity contribution in [3.8, 4) is 17.0 Å². The van der Waals surface area contributed by atoms with Gasteiger partial charge in [-0.25, -0.2) is 0 Å². The van der Waals surface area contributed by atoms with Crippen molar-refractivity contribution in [3.63, 3.8) is 0 Å². The molecule has 0 bridgehead atoms. The summed E-state index contributed by atoms with van der Waals surface area (Å²) < 4.78 is 6.11. The molecule has 6 heteroatoms. The summed E-state index contributed by atoms with van der Waals surface area (Å²) in [4.78, 5) is 20.6. The first kappa shape index (κ1) is 19.0. The number of aromatic nitrogens is 2. The molecule has 0 saturated heterocycles. The highest BCUT2D eigenvalue weighted by molar-refractivity contribution is 9.10. The molecule has 2 aromatic heterocycles. The summed E-state index contributed by atoms with van der Waals surface area (Å²) in [5.41, 5.74) is 3.88. The third-order valence-corrected chi connectivity index (χ3v) is 4.75. The molecule has 1 N–H and O–H groups in total. The quantitative estimate of drug-likeness (QED) is 0.616. The van der Waals surface area contributed by atoms with Crippen molar-refractivity contribution in [2.45, 2.75) is 19.4 Å². The molecular weight excluding hydrogens is 406 g/mol. The third kappa shape index (κ3) is 5.37. The molecule has 138 valence electrons. The number of benzene rings is 1. The summed E-state index contributed by atoms with van der Waals surface area (Å²) in [7, 11) is 1.63. The van der Waals surface area contributed by atoms with Crippen molar-refractivity contribution >= 4 is 21.8 Å². The van der Waals surface area contributed by atoms with Gasteiger partial charge in [0.15, 0.2) is 0 Å². The third-order valence-electron chi connectivity index (χ3n) is 4.13. The van der Waals surface area contributed by atoms with Crippen molar-refractivity contribution in [2.24, 2.45) is 0 Å². The van der Waals surface area contributed by atoms with Gasteiger partial charge in [0.1, 0.15) is 5.75 Å². The minimum atomic E-state index is 0.0123. The van der Waals surface area contributed by atoms with E-state index in [4.69, 9.17) is 4.74 Å². The summed E-state index contributed by atoms with van der Waals surface area (Å²) >= 11 is 3.46. The van der Waals surface area contributed by atoms with Gasteiger partial charge in [-0.05, 0) is 63.8 Å². The minimum Gasteiger partial charge on any atom is -0.496 e. The highest BCUT2D eigenvalue weighted by Gasteiger charge is 2.06. The van der Waals surface area contributed by atoms with Crippen molar-refractivity contribution in [1.29, 1.82) is 0 Å². The Hall–Kier alpha value is -2.73. The van der Waals surface area contributed by atoms with Crippen LogP contribution in [0.15, 0.2) is 65.5 Å². The fraction of sp³-hybridized carbons (Fsp3) is 0.190. The number of carbonyl (C=O) groups is 1. The van der Waals surface area contributed by atoms with E-state index >= 15 is 0 Å². The van der Waals surface area contributed by atoms with Gasteiger partial charge < -0.3 is 10.1 Å². The van der Waals surface area contributed by atoms with E-state index in [1.807, 2.05) is 42.5 Å². The van der Waals surface area contributed by atoms with E-state index in [1.165, 1.54) is 0 Å². The first-order valence-corrected chi connectivity index (χ1v) is 9.39. The standard InChI is InChI=1S/C21H20BrN3O2/c1-27-20-8-5-15(11-18(20)22)6-9-21(26)25-13-16-4-7-19(24-12-16)17-3-2-10-23-14-17/h2-5,7-8,10-12,14H,6,9,13H2,1H3,(H,25,26). The van der Waals surface area contributed by atoms with Crippen LogP contribution in [0.2, 0.25) is 0 Å². The van der Waals surface area contributed by atoms with Gasteiger partial charge in [-0.1, -0.05) is 12.1 Å². The summed E-state index contributed by atoms with van der Waals surface area (Å²) in [5.74, 6) is 0.795. The van der Waals surface area contributed by atoms with Gasteiger partial charge in [0.05, 0.1) is 17.3 Å². The topological polar surface area (TPSA) is 64.1 Å². The van der Waals surface area contributed by atoms with E-state index in [0.29, 0.717) is 19.4 Å². The average molecular weight is 426 g/mol. The van der Waals surface area contributed by atoms with E-state index in [0.717, 1.165) is 32.6 Å². The normalized spacial score (nSPS) is 10.4. The Morgan fingerprint density at radius 1 is 1.15 bits per heavy atom. The molecule has 0 atom stereocenters. The van der Waals surface area contributed by atoms with Gasteiger partial charge in [-0.3, -0.25) is 14.8 Å². The van der Waals surface area contributed by atoms with Crippen molar-refractivity contribution in [2.75, 3.05) is 7.11 Å². The number of nitrogens with zero attached hydrogens (tertiary/aromatic N) is 2. The first-order chi connectivity index (χ1) is 13.2. The van der Waals surface area contributed by atoms with Gasteiger partial charge in [0, 0.05) is 37.1 Å². The highest BCUT2D eigenvalue weighted by Crippen LogP contribution is 2.26. The zero-order valence-corrected chi connectivity index (χ0v) is 16.6. The van der Waals surface area contributed by atoms with Crippen LogP contribution in [0.3, 0.4) is 0 Å². The first-order valence-electron chi connectivity index (χ1n) is 8.60. The number of methoxy groups -OCH3 is 1. The fourth-order valence-electron chi connectivity index (χ4n) is 2.63. The Morgan fingerprint density at radius 3 is 2.67 bits per heavy atom. The number of aryl methyl sites for hydroxylation is 1. The second kappa shape index (κ2) is 9.28. The number of carbonyl (C=O) groups excluding carboxylic acids is 1. The number of hydrogen-bond acceptors (Lipinski definition) is 4. The highest BCUT2D eigenvalue weighted by atomic mass is 79.9. The molecule has 2 heterocycles. The average Bonchev–Trinajstić information content (AvgIpc) is 2.72. The Bertz CT molecular complexity index is 899. The monoisotopic (exact) mass is 425 g/mol. The Morgan fingerprint density at radius 2 is 2.00 bits per heavy atom. The van der Waals surface area contributed by atoms with Gasteiger partial charge in [0.2, 0.25) is 5.91 Å². The molecule has 27 heavy (non-hydrogen) atoms. The number of ether oxygens (including phenoxy) is 1. The van der Waals surface area contributed by atoms with Crippen molar-refractivity contribution in [1.82, 2.24) is 15.3 Å². The SMILES string of the molecule is COc1ccc(CCC(=O)NCc2ccc(-c3cccnc3)nc2)cc1Br. The van der Waals surface area contributed by atoms with Crippen LogP contribution in [0.5, 0.6) is 5.75 Å². The molecule has 3 rings (SSSR count). The molecule has 0 aliphatic carbocycles. The molecule has 0 radical (unpaired) electrons.